The smallest absolute Gasteiger partial charge is 0.303 e. The van der Waals surface area contributed by atoms with Crippen LogP contribution >= 0.6 is 15.9 Å². The minimum Gasteiger partial charge on any atom is -0.493 e. The Balaban J connectivity index is 2.45. The van der Waals surface area contributed by atoms with Crippen LogP contribution in [0.2, 0.25) is 0 Å². The van der Waals surface area contributed by atoms with Gasteiger partial charge in [-0.05, 0) is 30.9 Å². The summed E-state index contributed by atoms with van der Waals surface area (Å²) in [5.41, 5.74) is 0.641. The van der Waals surface area contributed by atoms with Crippen LogP contribution in [0.25, 0.3) is 0 Å². The Bertz CT molecular complexity index is 472. The minimum atomic E-state index is -0.870. The second-order valence-electron chi connectivity index (χ2n) is 4.52. The summed E-state index contributed by atoms with van der Waals surface area (Å²) in [6, 6.07) is 2.92. The first-order valence-corrected chi connectivity index (χ1v) is 6.57. The van der Waals surface area contributed by atoms with E-state index in [0.717, 1.165) is 12.8 Å². The maximum absolute atomic E-state index is 13.7. The van der Waals surface area contributed by atoms with Crippen molar-refractivity contribution >= 4 is 21.9 Å². The van der Waals surface area contributed by atoms with Gasteiger partial charge in [0.25, 0.3) is 0 Å². The topological polar surface area (TPSA) is 46.5 Å². The van der Waals surface area contributed by atoms with E-state index in [0.29, 0.717) is 16.0 Å². The van der Waals surface area contributed by atoms with Crippen molar-refractivity contribution in [2.75, 3.05) is 7.11 Å². The van der Waals surface area contributed by atoms with Gasteiger partial charge in [0.05, 0.1) is 13.5 Å². The number of carbonyl (C=O) groups is 1. The zero-order chi connectivity index (χ0) is 13.3. The fourth-order valence-electron chi connectivity index (χ4n) is 2.29. The van der Waals surface area contributed by atoms with Gasteiger partial charge in [-0.15, -0.1) is 0 Å². The molecular formula is C13H14BrFO3. The van der Waals surface area contributed by atoms with E-state index in [2.05, 4.69) is 15.9 Å². The highest BCUT2D eigenvalue weighted by Crippen LogP contribution is 2.49. The monoisotopic (exact) mass is 316 g/mol. The van der Waals surface area contributed by atoms with Gasteiger partial charge in [0.15, 0.2) is 11.6 Å². The van der Waals surface area contributed by atoms with E-state index in [4.69, 9.17) is 9.84 Å². The minimum absolute atomic E-state index is 0.00306. The Morgan fingerprint density at radius 2 is 2.28 bits per heavy atom. The molecule has 98 valence electrons. The number of carboxylic acid groups (broad SMARTS) is 1. The van der Waals surface area contributed by atoms with Gasteiger partial charge in [0.1, 0.15) is 0 Å². The van der Waals surface area contributed by atoms with Gasteiger partial charge >= 0.3 is 5.97 Å². The summed E-state index contributed by atoms with van der Waals surface area (Å²) < 4.78 is 19.5. The molecule has 1 saturated carbocycles. The highest BCUT2D eigenvalue weighted by Gasteiger charge is 2.37. The number of benzene rings is 1. The third kappa shape index (κ3) is 2.66. The molecule has 1 aliphatic carbocycles. The zero-order valence-corrected chi connectivity index (χ0v) is 11.5. The molecule has 0 amide bonds. The number of hydrogen-bond acceptors (Lipinski definition) is 2. The summed E-state index contributed by atoms with van der Waals surface area (Å²) in [7, 11) is 1.40. The molecule has 5 heteroatoms. The van der Waals surface area contributed by atoms with Gasteiger partial charge in [-0.1, -0.05) is 15.9 Å². The lowest BCUT2D eigenvalue weighted by Crippen LogP contribution is -2.11. The van der Waals surface area contributed by atoms with Crippen LogP contribution in [0.3, 0.4) is 0 Å². The highest BCUT2D eigenvalue weighted by atomic mass is 79.9. The fraction of sp³-hybridized carbons (Fsp3) is 0.462. The second-order valence-corrected chi connectivity index (χ2v) is 5.37. The van der Waals surface area contributed by atoms with E-state index in [1.165, 1.54) is 13.2 Å². The summed E-state index contributed by atoms with van der Waals surface area (Å²) in [6.45, 7) is 0. The summed E-state index contributed by atoms with van der Waals surface area (Å²) >= 11 is 3.37. The number of halogens is 2. The predicted molar refractivity (Wildman–Crippen MR) is 68.4 cm³/mol. The zero-order valence-electron chi connectivity index (χ0n) is 9.95. The van der Waals surface area contributed by atoms with Crippen LogP contribution < -0.4 is 4.74 Å². The first-order valence-electron chi connectivity index (χ1n) is 5.78. The quantitative estimate of drug-likeness (QED) is 0.903. The molecule has 1 atom stereocenters. The number of ether oxygens (including phenoxy) is 1. The first-order chi connectivity index (χ1) is 8.54. The SMILES string of the molecule is COc1c(F)ccc(Br)c1C(CC(=O)O)C1CC1. The molecule has 0 bridgehead atoms. The summed E-state index contributed by atoms with van der Waals surface area (Å²) in [5.74, 6) is -1.05. The van der Waals surface area contributed by atoms with Crippen molar-refractivity contribution in [3.63, 3.8) is 0 Å². The third-order valence-electron chi connectivity index (χ3n) is 3.26. The average Bonchev–Trinajstić information content (AvgIpc) is 3.13. The molecule has 0 saturated heterocycles. The molecule has 0 heterocycles. The molecule has 0 radical (unpaired) electrons. The molecule has 1 N–H and O–H groups in total. The number of methoxy groups -OCH3 is 1. The van der Waals surface area contributed by atoms with Crippen molar-refractivity contribution < 1.29 is 19.0 Å². The second kappa shape index (κ2) is 5.26. The molecule has 1 aromatic carbocycles. The Hall–Kier alpha value is -1.10. The summed E-state index contributed by atoms with van der Waals surface area (Å²) in [6.07, 6.45) is 1.98. The lowest BCUT2D eigenvalue weighted by Gasteiger charge is -2.20. The van der Waals surface area contributed by atoms with Crippen LogP contribution in [-0.2, 0) is 4.79 Å². The van der Waals surface area contributed by atoms with Crippen molar-refractivity contribution in [3.8, 4) is 5.75 Å². The third-order valence-corrected chi connectivity index (χ3v) is 3.95. The number of aliphatic carboxylic acids is 1. The molecular weight excluding hydrogens is 303 g/mol. The summed E-state index contributed by atoms with van der Waals surface area (Å²) in [5, 5.41) is 9.00. The maximum atomic E-state index is 13.7. The Kier molecular flexibility index (Phi) is 3.90. The lowest BCUT2D eigenvalue weighted by atomic mass is 9.90. The van der Waals surface area contributed by atoms with Crippen LogP contribution in [-0.4, -0.2) is 18.2 Å². The molecule has 0 aromatic heterocycles. The Morgan fingerprint density at radius 3 is 2.78 bits per heavy atom. The molecule has 1 fully saturated rings. The average molecular weight is 317 g/mol. The highest BCUT2D eigenvalue weighted by molar-refractivity contribution is 9.10. The van der Waals surface area contributed by atoms with Crippen LogP contribution in [0.1, 0.15) is 30.7 Å². The van der Waals surface area contributed by atoms with Gasteiger partial charge < -0.3 is 9.84 Å². The fourth-order valence-corrected chi connectivity index (χ4v) is 2.90. The van der Waals surface area contributed by atoms with Crippen molar-refractivity contribution in [2.24, 2.45) is 5.92 Å². The van der Waals surface area contributed by atoms with Crippen molar-refractivity contribution in [1.29, 1.82) is 0 Å². The Labute approximate surface area is 113 Å². The number of carboxylic acids is 1. The van der Waals surface area contributed by atoms with Gasteiger partial charge in [-0.3, -0.25) is 4.79 Å². The predicted octanol–water partition coefficient (Wildman–Crippen LogP) is 3.57. The molecule has 2 rings (SSSR count). The van der Waals surface area contributed by atoms with E-state index in [-0.39, 0.29) is 18.1 Å². The van der Waals surface area contributed by atoms with Crippen LogP contribution in [0.5, 0.6) is 5.75 Å². The van der Waals surface area contributed by atoms with Gasteiger partial charge in [0, 0.05) is 16.0 Å². The largest absolute Gasteiger partial charge is 0.493 e. The van der Waals surface area contributed by atoms with Crippen LogP contribution in [0.15, 0.2) is 16.6 Å². The van der Waals surface area contributed by atoms with Gasteiger partial charge in [-0.2, -0.15) is 0 Å². The van der Waals surface area contributed by atoms with Gasteiger partial charge in [-0.25, -0.2) is 4.39 Å². The molecule has 18 heavy (non-hydrogen) atoms. The first kappa shape index (κ1) is 13.3. The van der Waals surface area contributed by atoms with E-state index < -0.39 is 11.8 Å². The molecule has 1 aromatic rings. The molecule has 1 aliphatic rings. The molecule has 0 spiro atoms. The van der Waals surface area contributed by atoms with E-state index in [9.17, 15) is 9.18 Å². The van der Waals surface area contributed by atoms with Crippen molar-refractivity contribution in [2.45, 2.75) is 25.2 Å². The van der Waals surface area contributed by atoms with E-state index in [1.54, 1.807) is 6.07 Å². The molecule has 0 aliphatic heterocycles. The Morgan fingerprint density at radius 1 is 1.61 bits per heavy atom. The lowest BCUT2D eigenvalue weighted by molar-refractivity contribution is -0.137. The van der Waals surface area contributed by atoms with Gasteiger partial charge in [0.2, 0.25) is 0 Å². The van der Waals surface area contributed by atoms with E-state index >= 15 is 0 Å². The summed E-state index contributed by atoms with van der Waals surface area (Å²) in [4.78, 5) is 11.0. The molecule has 3 nitrogen and oxygen atoms in total. The van der Waals surface area contributed by atoms with Crippen LogP contribution in [0.4, 0.5) is 4.39 Å². The number of hydrogen-bond donors (Lipinski definition) is 1. The van der Waals surface area contributed by atoms with Crippen LogP contribution in [0, 0.1) is 11.7 Å². The van der Waals surface area contributed by atoms with E-state index in [1.807, 2.05) is 0 Å². The maximum Gasteiger partial charge on any atom is 0.303 e. The standard InChI is InChI=1S/C13H14BrFO3/c1-18-13-10(15)5-4-9(14)12(13)8(6-11(16)17)7-2-3-7/h4-5,7-8H,2-3,6H2,1H3,(H,16,17). The van der Waals surface area contributed by atoms with Crippen molar-refractivity contribution in [1.82, 2.24) is 0 Å². The number of rotatable bonds is 5. The molecule has 1 unspecified atom stereocenters. The van der Waals surface area contributed by atoms with Crippen molar-refractivity contribution in [3.05, 3.63) is 28.0 Å². The normalized spacial score (nSPS) is 16.4.